The number of para-hydroxylation sites is 2. The highest BCUT2D eigenvalue weighted by Gasteiger charge is 2.38. The van der Waals surface area contributed by atoms with E-state index < -0.39 is 8.07 Å². The maximum absolute atomic E-state index is 2.48. The van der Waals surface area contributed by atoms with Gasteiger partial charge in [0.15, 0.2) is 0 Å². The molecule has 0 fully saturated rings. The standard InChI is InChI=1S/C42H37NSi/c1-42(2)37-27-29-25-31(43(30-15-7-6-8-16-30)38-21-13-14-22-39(38)44(3,4)5)24-23-28(29)26-36(37)40-34-19-11-9-17-32(34)33-18-10-12-20-35(33)41(40)42/h6-27H,1-5H3. The molecule has 2 heteroatoms. The van der Waals surface area contributed by atoms with Crippen LogP contribution in [0.25, 0.3) is 43.4 Å². The lowest BCUT2D eigenvalue weighted by molar-refractivity contribution is 0.667. The molecular weight excluding hydrogens is 547 g/mol. The van der Waals surface area contributed by atoms with Crippen LogP contribution in [0.4, 0.5) is 17.1 Å². The molecule has 214 valence electrons. The van der Waals surface area contributed by atoms with Crippen molar-refractivity contribution < 1.29 is 0 Å². The summed E-state index contributed by atoms with van der Waals surface area (Å²) in [5.74, 6) is 0. The van der Waals surface area contributed by atoms with Crippen molar-refractivity contribution in [1.82, 2.24) is 0 Å². The van der Waals surface area contributed by atoms with Gasteiger partial charge in [-0.25, -0.2) is 0 Å². The second-order valence-electron chi connectivity index (χ2n) is 13.8. The minimum absolute atomic E-state index is 0.123. The summed E-state index contributed by atoms with van der Waals surface area (Å²) in [5.41, 5.74) is 9.17. The van der Waals surface area contributed by atoms with E-state index in [-0.39, 0.29) is 5.41 Å². The predicted octanol–water partition coefficient (Wildman–Crippen LogP) is 11.5. The second kappa shape index (κ2) is 9.67. The normalized spacial score (nSPS) is 13.8. The smallest absolute Gasteiger partial charge is 0.0803 e. The van der Waals surface area contributed by atoms with E-state index in [0.29, 0.717) is 0 Å². The Balaban J connectivity index is 1.38. The molecule has 7 aromatic carbocycles. The summed E-state index contributed by atoms with van der Waals surface area (Å²) in [4.78, 5) is 2.46. The van der Waals surface area contributed by atoms with Crippen molar-refractivity contribution in [1.29, 1.82) is 0 Å². The van der Waals surface area contributed by atoms with Crippen LogP contribution in [0.3, 0.4) is 0 Å². The van der Waals surface area contributed by atoms with Crippen molar-refractivity contribution in [3.8, 4) is 11.1 Å². The molecule has 0 N–H and O–H groups in total. The Morgan fingerprint density at radius 2 is 1.14 bits per heavy atom. The van der Waals surface area contributed by atoms with Gasteiger partial charge in [-0.3, -0.25) is 0 Å². The first-order valence-electron chi connectivity index (χ1n) is 15.7. The number of hydrogen-bond acceptors (Lipinski definition) is 1. The fourth-order valence-corrected chi connectivity index (χ4v) is 9.22. The fraction of sp³-hybridized carbons (Fsp3) is 0.143. The van der Waals surface area contributed by atoms with Gasteiger partial charge >= 0.3 is 0 Å². The molecule has 0 aromatic heterocycles. The van der Waals surface area contributed by atoms with Crippen LogP contribution in [-0.2, 0) is 5.41 Å². The lowest BCUT2D eigenvalue weighted by atomic mass is 9.79. The van der Waals surface area contributed by atoms with Crippen LogP contribution in [0.2, 0.25) is 19.6 Å². The number of nitrogens with zero attached hydrogens (tertiary/aromatic N) is 1. The number of fused-ring (bicyclic) bond motifs is 9. The summed E-state index contributed by atoms with van der Waals surface area (Å²) in [6.07, 6.45) is 0. The maximum atomic E-state index is 2.48. The minimum atomic E-state index is -1.62. The Kier molecular flexibility index (Phi) is 5.92. The lowest BCUT2D eigenvalue weighted by Crippen LogP contribution is -2.40. The molecule has 1 aliphatic rings. The molecule has 0 bridgehead atoms. The lowest BCUT2D eigenvalue weighted by Gasteiger charge is -2.31. The van der Waals surface area contributed by atoms with Crippen molar-refractivity contribution in [2.75, 3.05) is 4.90 Å². The number of rotatable bonds is 4. The first-order valence-corrected chi connectivity index (χ1v) is 19.2. The second-order valence-corrected chi connectivity index (χ2v) is 18.9. The van der Waals surface area contributed by atoms with Gasteiger partial charge in [0, 0.05) is 22.5 Å². The van der Waals surface area contributed by atoms with Crippen molar-refractivity contribution in [2.24, 2.45) is 0 Å². The zero-order valence-corrected chi connectivity index (χ0v) is 27.1. The van der Waals surface area contributed by atoms with E-state index in [1.165, 1.54) is 76.8 Å². The highest BCUT2D eigenvalue weighted by atomic mass is 28.3. The molecule has 44 heavy (non-hydrogen) atoms. The summed E-state index contributed by atoms with van der Waals surface area (Å²) >= 11 is 0. The average Bonchev–Trinajstić information content (AvgIpc) is 3.26. The van der Waals surface area contributed by atoms with Gasteiger partial charge in [-0.2, -0.15) is 0 Å². The molecule has 0 heterocycles. The summed E-state index contributed by atoms with van der Waals surface area (Å²) in [5, 5.41) is 9.41. The molecule has 1 aliphatic carbocycles. The summed E-state index contributed by atoms with van der Waals surface area (Å²) in [6.45, 7) is 12.1. The molecule has 0 spiro atoms. The van der Waals surface area contributed by atoms with E-state index in [1.807, 2.05) is 0 Å². The largest absolute Gasteiger partial charge is 0.311 e. The van der Waals surface area contributed by atoms with Crippen molar-refractivity contribution in [2.45, 2.75) is 38.9 Å². The van der Waals surface area contributed by atoms with Gasteiger partial charge in [0.1, 0.15) is 0 Å². The third-order valence-corrected chi connectivity index (χ3v) is 11.7. The third-order valence-electron chi connectivity index (χ3n) is 9.69. The zero-order valence-electron chi connectivity index (χ0n) is 26.1. The predicted molar refractivity (Wildman–Crippen MR) is 194 cm³/mol. The molecule has 7 aromatic rings. The van der Waals surface area contributed by atoms with E-state index >= 15 is 0 Å². The molecule has 0 amide bonds. The van der Waals surface area contributed by atoms with Crippen molar-refractivity contribution >= 4 is 62.6 Å². The molecule has 8 rings (SSSR count). The number of anilines is 3. The van der Waals surface area contributed by atoms with Crippen LogP contribution in [-0.4, -0.2) is 8.07 Å². The Morgan fingerprint density at radius 3 is 1.86 bits per heavy atom. The van der Waals surface area contributed by atoms with E-state index in [9.17, 15) is 0 Å². The molecule has 0 atom stereocenters. The molecule has 0 radical (unpaired) electrons. The molecule has 0 saturated carbocycles. The van der Waals surface area contributed by atoms with Crippen LogP contribution >= 0.6 is 0 Å². The molecule has 0 aliphatic heterocycles. The molecule has 1 nitrogen and oxygen atoms in total. The van der Waals surface area contributed by atoms with Crippen LogP contribution in [0, 0.1) is 0 Å². The Hall–Kier alpha value is -4.66. The van der Waals surface area contributed by atoms with Crippen LogP contribution in [0.5, 0.6) is 0 Å². The quantitative estimate of drug-likeness (QED) is 0.147. The van der Waals surface area contributed by atoms with Gasteiger partial charge in [-0.1, -0.05) is 124 Å². The number of hydrogen-bond donors (Lipinski definition) is 0. The number of benzene rings is 7. The van der Waals surface area contributed by atoms with Gasteiger partial charge in [-0.05, 0) is 102 Å². The molecule has 0 saturated heterocycles. The van der Waals surface area contributed by atoms with E-state index in [2.05, 4.69) is 172 Å². The Labute approximate surface area is 261 Å². The maximum Gasteiger partial charge on any atom is 0.0803 e. The van der Waals surface area contributed by atoms with Crippen molar-refractivity contribution in [3.05, 3.63) is 145 Å². The van der Waals surface area contributed by atoms with Gasteiger partial charge in [0.25, 0.3) is 0 Å². The van der Waals surface area contributed by atoms with E-state index in [1.54, 1.807) is 0 Å². The highest BCUT2D eigenvalue weighted by molar-refractivity contribution is 6.89. The van der Waals surface area contributed by atoms with Gasteiger partial charge < -0.3 is 4.90 Å². The monoisotopic (exact) mass is 583 g/mol. The first-order chi connectivity index (χ1) is 21.2. The molecular formula is C42H37NSi. The molecule has 0 unspecified atom stereocenters. The van der Waals surface area contributed by atoms with Gasteiger partial charge in [0.05, 0.1) is 8.07 Å². The minimum Gasteiger partial charge on any atom is -0.311 e. The Bertz CT molecular complexity index is 2240. The van der Waals surface area contributed by atoms with Gasteiger partial charge in [0.2, 0.25) is 0 Å². The first kappa shape index (κ1) is 26.9. The summed E-state index contributed by atoms with van der Waals surface area (Å²) < 4.78 is 0. The van der Waals surface area contributed by atoms with Crippen LogP contribution < -0.4 is 10.1 Å². The van der Waals surface area contributed by atoms with Crippen LogP contribution in [0.1, 0.15) is 25.0 Å². The van der Waals surface area contributed by atoms with Crippen LogP contribution in [0.15, 0.2) is 133 Å². The summed E-state index contributed by atoms with van der Waals surface area (Å²) in [7, 11) is -1.62. The van der Waals surface area contributed by atoms with Gasteiger partial charge in [-0.15, -0.1) is 0 Å². The Morgan fingerprint density at radius 1 is 0.523 bits per heavy atom. The summed E-state index contributed by atoms with van der Waals surface area (Å²) in [6, 6.07) is 49.7. The van der Waals surface area contributed by atoms with Crippen molar-refractivity contribution in [3.63, 3.8) is 0 Å². The van der Waals surface area contributed by atoms with E-state index in [0.717, 1.165) is 0 Å². The fourth-order valence-electron chi connectivity index (χ4n) is 7.66. The SMILES string of the molecule is CC1(C)c2cc3cc(N(c4ccccc4)c4ccccc4[Si](C)(C)C)ccc3cc2-c2c1c1ccccc1c1ccccc21. The highest BCUT2D eigenvalue weighted by Crippen LogP contribution is 2.55. The zero-order chi connectivity index (χ0) is 30.2. The third kappa shape index (κ3) is 3.98. The van der Waals surface area contributed by atoms with E-state index in [4.69, 9.17) is 0 Å². The topological polar surface area (TPSA) is 3.24 Å². The average molecular weight is 584 g/mol.